The molecule has 0 fully saturated rings. The number of carbonyl (C=O) groups is 2. The summed E-state index contributed by atoms with van der Waals surface area (Å²) in [4.78, 5) is 28.4. The molecule has 0 spiro atoms. The van der Waals surface area contributed by atoms with Crippen LogP contribution in [0.25, 0.3) is 10.6 Å². The van der Waals surface area contributed by atoms with E-state index >= 15 is 0 Å². The maximum absolute atomic E-state index is 12.0. The number of hydrogen-bond acceptors (Lipinski definition) is 4. The first-order chi connectivity index (χ1) is 10.9. The fourth-order valence-electron chi connectivity index (χ4n) is 1.85. The molecule has 0 saturated heterocycles. The first kappa shape index (κ1) is 17.7. The maximum Gasteiger partial charge on any atom is 0.305 e. The highest BCUT2D eigenvalue weighted by atomic mass is 35.5. The summed E-state index contributed by atoms with van der Waals surface area (Å²) in [6, 6.07) is 5.16. The molecule has 0 radical (unpaired) electrons. The number of halogens is 2. The Morgan fingerprint density at radius 3 is 2.74 bits per heavy atom. The molecule has 0 saturated carbocycles. The number of nitrogens with zero attached hydrogens (tertiary/aromatic N) is 2. The molecule has 5 nitrogen and oxygen atoms in total. The molecular weight excluding hydrogens is 359 g/mol. The largest absolute Gasteiger partial charge is 0.481 e. The van der Waals surface area contributed by atoms with Gasteiger partial charge in [0, 0.05) is 29.6 Å². The number of carboxylic acid groups (broad SMARTS) is 1. The Morgan fingerprint density at radius 2 is 2.09 bits per heavy atom. The number of aliphatic carboxylic acids is 1. The molecule has 8 heteroatoms. The number of rotatable bonds is 6. The van der Waals surface area contributed by atoms with Crippen LogP contribution in [0.2, 0.25) is 10.0 Å². The SMILES string of the molecule is CN(CCC(=O)O)C(=O)Cc1csc(-c2ccc(Cl)cc2Cl)n1. The molecule has 0 bridgehead atoms. The molecule has 0 aliphatic rings. The lowest BCUT2D eigenvalue weighted by atomic mass is 10.2. The van der Waals surface area contributed by atoms with E-state index in [0.29, 0.717) is 20.7 Å². The van der Waals surface area contributed by atoms with Crippen LogP contribution in [-0.2, 0) is 16.0 Å². The van der Waals surface area contributed by atoms with Crippen LogP contribution in [0.3, 0.4) is 0 Å². The third-order valence-corrected chi connectivity index (χ3v) is 4.60. The van der Waals surface area contributed by atoms with E-state index < -0.39 is 5.97 Å². The summed E-state index contributed by atoms with van der Waals surface area (Å²) in [7, 11) is 1.58. The molecule has 1 aromatic heterocycles. The van der Waals surface area contributed by atoms with Crippen molar-refractivity contribution < 1.29 is 14.7 Å². The van der Waals surface area contributed by atoms with Gasteiger partial charge in [0.1, 0.15) is 5.01 Å². The summed E-state index contributed by atoms with van der Waals surface area (Å²) in [6.45, 7) is 0.175. The third-order valence-electron chi connectivity index (χ3n) is 3.13. The Labute approximate surface area is 147 Å². The van der Waals surface area contributed by atoms with Crippen molar-refractivity contribution in [2.45, 2.75) is 12.8 Å². The number of likely N-dealkylation sites (N-methyl/N-ethyl adjacent to an activating group) is 1. The van der Waals surface area contributed by atoms with Crippen LogP contribution in [0.5, 0.6) is 0 Å². The van der Waals surface area contributed by atoms with E-state index in [9.17, 15) is 9.59 Å². The zero-order valence-corrected chi connectivity index (χ0v) is 14.6. The molecule has 1 heterocycles. The molecule has 23 heavy (non-hydrogen) atoms. The van der Waals surface area contributed by atoms with Crippen molar-refractivity contribution in [3.63, 3.8) is 0 Å². The first-order valence-corrected chi connectivity index (χ1v) is 8.36. The van der Waals surface area contributed by atoms with E-state index in [1.54, 1.807) is 30.6 Å². The normalized spacial score (nSPS) is 10.6. The average molecular weight is 373 g/mol. The summed E-state index contributed by atoms with van der Waals surface area (Å²) >= 11 is 13.4. The van der Waals surface area contributed by atoms with Crippen molar-refractivity contribution in [3.05, 3.63) is 39.3 Å². The minimum atomic E-state index is -0.932. The highest BCUT2D eigenvalue weighted by Gasteiger charge is 2.15. The van der Waals surface area contributed by atoms with E-state index in [0.717, 1.165) is 5.56 Å². The number of carbonyl (C=O) groups excluding carboxylic acids is 1. The van der Waals surface area contributed by atoms with Gasteiger partial charge in [-0.1, -0.05) is 23.2 Å². The third kappa shape index (κ3) is 4.92. The van der Waals surface area contributed by atoms with Crippen LogP contribution in [0, 0.1) is 0 Å². The number of thiazole rings is 1. The fraction of sp³-hybridized carbons (Fsp3) is 0.267. The highest BCUT2D eigenvalue weighted by molar-refractivity contribution is 7.13. The van der Waals surface area contributed by atoms with Crippen molar-refractivity contribution in [1.82, 2.24) is 9.88 Å². The molecule has 1 N–H and O–H groups in total. The zero-order chi connectivity index (χ0) is 17.0. The Morgan fingerprint density at radius 1 is 1.35 bits per heavy atom. The van der Waals surface area contributed by atoms with Gasteiger partial charge in [-0.25, -0.2) is 4.98 Å². The van der Waals surface area contributed by atoms with Gasteiger partial charge in [0.05, 0.1) is 23.6 Å². The predicted molar refractivity (Wildman–Crippen MR) is 91.2 cm³/mol. The summed E-state index contributed by atoms with van der Waals surface area (Å²) in [5.74, 6) is -1.11. The lowest BCUT2D eigenvalue weighted by Crippen LogP contribution is -2.30. The molecule has 2 aromatic rings. The van der Waals surface area contributed by atoms with Gasteiger partial charge in [0.2, 0.25) is 5.91 Å². The second kappa shape index (κ2) is 7.77. The van der Waals surface area contributed by atoms with Crippen LogP contribution < -0.4 is 0 Å². The molecule has 0 aliphatic carbocycles. The molecule has 0 atom stereocenters. The van der Waals surface area contributed by atoms with Crippen molar-refractivity contribution in [1.29, 1.82) is 0 Å². The molecule has 1 amide bonds. The first-order valence-electron chi connectivity index (χ1n) is 6.72. The van der Waals surface area contributed by atoms with E-state index in [4.69, 9.17) is 28.3 Å². The maximum atomic E-state index is 12.0. The summed E-state index contributed by atoms with van der Waals surface area (Å²) < 4.78 is 0. The van der Waals surface area contributed by atoms with Gasteiger partial charge in [0.15, 0.2) is 0 Å². The topological polar surface area (TPSA) is 70.5 Å². The lowest BCUT2D eigenvalue weighted by Gasteiger charge is -2.15. The Hall–Kier alpha value is -1.63. The van der Waals surface area contributed by atoms with Crippen LogP contribution >= 0.6 is 34.5 Å². The van der Waals surface area contributed by atoms with Gasteiger partial charge < -0.3 is 10.0 Å². The second-order valence-corrected chi connectivity index (χ2v) is 6.61. The minimum absolute atomic E-state index is 0.0784. The second-order valence-electron chi connectivity index (χ2n) is 4.90. The quantitative estimate of drug-likeness (QED) is 0.840. The van der Waals surface area contributed by atoms with E-state index in [2.05, 4.69) is 4.98 Å². The zero-order valence-electron chi connectivity index (χ0n) is 12.3. The number of hydrogen-bond donors (Lipinski definition) is 1. The van der Waals surface area contributed by atoms with E-state index in [-0.39, 0.29) is 25.3 Å². The molecule has 122 valence electrons. The summed E-state index contributed by atoms with van der Waals surface area (Å²) in [5, 5.41) is 12.2. The van der Waals surface area contributed by atoms with Crippen molar-refractivity contribution in [2.75, 3.05) is 13.6 Å². The molecule has 1 aromatic carbocycles. The summed E-state index contributed by atoms with van der Waals surface area (Å²) in [6.07, 6.45) is 0.0444. The van der Waals surface area contributed by atoms with Gasteiger partial charge in [-0.05, 0) is 18.2 Å². The van der Waals surface area contributed by atoms with Crippen LogP contribution in [0.1, 0.15) is 12.1 Å². The smallest absolute Gasteiger partial charge is 0.305 e. The van der Waals surface area contributed by atoms with Gasteiger partial charge >= 0.3 is 5.97 Å². The van der Waals surface area contributed by atoms with Crippen molar-refractivity contribution in [3.8, 4) is 10.6 Å². The Balaban J connectivity index is 2.04. The number of aromatic nitrogens is 1. The predicted octanol–water partition coefficient (Wildman–Crippen LogP) is 3.59. The molecule has 0 unspecified atom stereocenters. The van der Waals surface area contributed by atoms with E-state index in [1.165, 1.54) is 16.2 Å². The molecule has 2 rings (SSSR count). The number of amides is 1. The highest BCUT2D eigenvalue weighted by Crippen LogP contribution is 2.32. The van der Waals surface area contributed by atoms with Crippen molar-refractivity contribution >= 4 is 46.4 Å². The van der Waals surface area contributed by atoms with Crippen LogP contribution in [0.15, 0.2) is 23.6 Å². The minimum Gasteiger partial charge on any atom is -0.481 e. The van der Waals surface area contributed by atoms with Gasteiger partial charge in [-0.15, -0.1) is 11.3 Å². The number of benzene rings is 1. The fourth-order valence-corrected chi connectivity index (χ4v) is 3.27. The standard InChI is InChI=1S/C15H14Cl2N2O3S/c1-19(5-4-14(21)22)13(20)7-10-8-23-15(18-10)11-3-2-9(16)6-12(11)17/h2-3,6,8H,4-5,7H2,1H3,(H,21,22). The monoisotopic (exact) mass is 372 g/mol. The molecule has 0 aliphatic heterocycles. The Kier molecular flexibility index (Phi) is 5.98. The van der Waals surface area contributed by atoms with Crippen LogP contribution in [-0.4, -0.2) is 40.5 Å². The van der Waals surface area contributed by atoms with Gasteiger partial charge in [-0.3, -0.25) is 9.59 Å². The van der Waals surface area contributed by atoms with Crippen LogP contribution in [0.4, 0.5) is 0 Å². The Bertz CT molecular complexity index is 733. The lowest BCUT2D eigenvalue weighted by molar-refractivity contribution is -0.138. The average Bonchev–Trinajstić information content (AvgIpc) is 2.92. The molecular formula is C15H14Cl2N2O3S. The summed E-state index contributed by atoms with van der Waals surface area (Å²) in [5.41, 5.74) is 1.39. The van der Waals surface area contributed by atoms with Crippen molar-refractivity contribution in [2.24, 2.45) is 0 Å². The van der Waals surface area contributed by atoms with Gasteiger partial charge in [-0.2, -0.15) is 0 Å². The van der Waals surface area contributed by atoms with E-state index in [1.807, 2.05) is 0 Å². The van der Waals surface area contributed by atoms with Gasteiger partial charge in [0.25, 0.3) is 0 Å². The number of carboxylic acids is 1.